The van der Waals surface area contributed by atoms with Crippen LogP contribution in [0.5, 0.6) is 0 Å². The highest BCUT2D eigenvalue weighted by Gasteiger charge is 2.13. The molecule has 22 heavy (non-hydrogen) atoms. The van der Waals surface area contributed by atoms with Gasteiger partial charge in [-0.1, -0.05) is 37.5 Å². The van der Waals surface area contributed by atoms with Gasteiger partial charge in [0.05, 0.1) is 0 Å². The summed E-state index contributed by atoms with van der Waals surface area (Å²) >= 11 is 0. The normalized spacial score (nSPS) is 15.5. The average Bonchev–Trinajstić information content (AvgIpc) is 2.55. The van der Waals surface area contributed by atoms with Crippen molar-refractivity contribution < 1.29 is 4.39 Å². The van der Waals surface area contributed by atoms with Crippen molar-refractivity contribution in [3.05, 3.63) is 47.9 Å². The van der Waals surface area contributed by atoms with Gasteiger partial charge in [-0.05, 0) is 25.0 Å². The van der Waals surface area contributed by atoms with Crippen molar-refractivity contribution in [1.29, 1.82) is 0 Å². The summed E-state index contributed by atoms with van der Waals surface area (Å²) in [7, 11) is 0. The molecule has 1 aliphatic rings. The Morgan fingerprint density at radius 3 is 2.73 bits per heavy atom. The molecular weight excluding hydrogens is 279 g/mol. The van der Waals surface area contributed by atoms with Crippen LogP contribution in [0, 0.1) is 5.82 Å². The lowest BCUT2D eigenvalue weighted by Crippen LogP contribution is -2.23. The van der Waals surface area contributed by atoms with Crippen molar-refractivity contribution in [3.63, 3.8) is 0 Å². The van der Waals surface area contributed by atoms with E-state index in [-0.39, 0.29) is 5.82 Å². The van der Waals surface area contributed by atoms with Crippen molar-refractivity contribution in [2.45, 2.75) is 44.7 Å². The van der Waals surface area contributed by atoms with Crippen LogP contribution in [-0.2, 0) is 6.54 Å². The predicted octanol–water partition coefficient (Wildman–Crippen LogP) is 3.97. The summed E-state index contributed by atoms with van der Waals surface area (Å²) in [6.45, 7) is 0.375. The smallest absolute Gasteiger partial charge is 0.224 e. The molecule has 0 atom stereocenters. The first kappa shape index (κ1) is 14.8. The zero-order valence-corrected chi connectivity index (χ0v) is 12.6. The van der Waals surface area contributed by atoms with E-state index < -0.39 is 0 Å². The van der Waals surface area contributed by atoms with Crippen LogP contribution in [0.3, 0.4) is 0 Å². The Hall–Kier alpha value is -2.17. The van der Waals surface area contributed by atoms with Gasteiger partial charge in [-0.25, -0.2) is 9.37 Å². The van der Waals surface area contributed by atoms with Gasteiger partial charge in [0, 0.05) is 24.3 Å². The van der Waals surface area contributed by atoms with Crippen molar-refractivity contribution in [2.75, 3.05) is 10.6 Å². The molecule has 0 aliphatic heterocycles. The highest BCUT2D eigenvalue weighted by atomic mass is 19.1. The summed E-state index contributed by atoms with van der Waals surface area (Å²) in [6, 6.07) is 9.10. The van der Waals surface area contributed by atoms with Crippen LogP contribution >= 0.6 is 0 Å². The molecule has 116 valence electrons. The Kier molecular flexibility index (Phi) is 4.83. The van der Waals surface area contributed by atoms with Gasteiger partial charge in [-0.15, -0.1) is 0 Å². The third-order valence-corrected chi connectivity index (χ3v) is 4.01. The van der Waals surface area contributed by atoms with Crippen molar-refractivity contribution in [3.8, 4) is 0 Å². The quantitative estimate of drug-likeness (QED) is 0.877. The highest BCUT2D eigenvalue weighted by molar-refractivity contribution is 5.40. The number of hydrogen-bond acceptors (Lipinski definition) is 4. The number of rotatable bonds is 5. The zero-order chi connectivity index (χ0) is 15.2. The van der Waals surface area contributed by atoms with Crippen LogP contribution in [0.15, 0.2) is 36.5 Å². The Morgan fingerprint density at radius 1 is 1.09 bits per heavy atom. The molecule has 2 N–H and O–H groups in total. The Morgan fingerprint density at radius 2 is 1.91 bits per heavy atom. The van der Waals surface area contributed by atoms with E-state index in [4.69, 9.17) is 0 Å². The van der Waals surface area contributed by atoms with E-state index in [1.807, 2.05) is 12.1 Å². The van der Waals surface area contributed by atoms with Crippen LogP contribution in [0.4, 0.5) is 16.2 Å². The largest absolute Gasteiger partial charge is 0.367 e. The van der Waals surface area contributed by atoms with Crippen LogP contribution in [0.1, 0.15) is 37.7 Å². The lowest BCUT2D eigenvalue weighted by atomic mass is 9.95. The molecule has 0 bridgehead atoms. The topological polar surface area (TPSA) is 49.8 Å². The van der Waals surface area contributed by atoms with Crippen molar-refractivity contribution >= 4 is 11.8 Å². The molecule has 1 fully saturated rings. The summed E-state index contributed by atoms with van der Waals surface area (Å²) in [5, 5.41) is 6.54. The molecule has 0 radical (unpaired) electrons. The average molecular weight is 300 g/mol. The van der Waals surface area contributed by atoms with Crippen LogP contribution < -0.4 is 10.6 Å². The van der Waals surface area contributed by atoms with Gasteiger partial charge >= 0.3 is 0 Å². The van der Waals surface area contributed by atoms with E-state index >= 15 is 0 Å². The minimum absolute atomic E-state index is 0.216. The summed E-state index contributed by atoms with van der Waals surface area (Å²) in [5.41, 5.74) is 0.608. The van der Waals surface area contributed by atoms with Crippen molar-refractivity contribution in [2.24, 2.45) is 0 Å². The molecule has 1 aliphatic carbocycles. The SMILES string of the molecule is Fc1ccccc1CNc1nccc(NC2CCCCC2)n1. The van der Waals surface area contributed by atoms with Gasteiger partial charge in [-0.2, -0.15) is 4.98 Å². The Bertz CT molecular complexity index is 611. The minimum atomic E-state index is -0.216. The maximum Gasteiger partial charge on any atom is 0.224 e. The molecule has 1 aromatic carbocycles. The maximum atomic E-state index is 13.6. The molecule has 4 nitrogen and oxygen atoms in total. The fourth-order valence-corrected chi connectivity index (χ4v) is 2.80. The second kappa shape index (κ2) is 7.20. The second-order valence-corrected chi connectivity index (χ2v) is 5.69. The first-order valence-corrected chi connectivity index (χ1v) is 7.88. The molecule has 1 aromatic heterocycles. The van der Waals surface area contributed by atoms with Gasteiger partial charge in [0.2, 0.25) is 5.95 Å². The maximum absolute atomic E-state index is 13.6. The molecule has 0 saturated heterocycles. The number of anilines is 2. The van der Waals surface area contributed by atoms with Crippen LogP contribution in [-0.4, -0.2) is 16.0 Å². The van der Waals surface area contributed by atoms with Gasteiger partial charge in [0.15, 0.2) is 0 Å². The van der Waals surface area contributed by atoms with E-state index in [2.05, 4.69) is 20.6 Å². The molecule has 3 rings (SSSR count). The summed E-state index contributed by atoms with van der Waals surface area (Å²) in [4.78, 5) is 8.65. The number of hydrogen-bond donors (Lipinski definition) is 2. The molecular formula is C17H21FN4. The van der Waals surface area contributed by atoms with Crippen molar-refractivity contribution in [1.82, 2.24) is 9.97 Å². The fourth-order valence-electron chi connectivity index (χ4n) is 2.80. The number of halogens is 1. The molecule has 0 amide bonds. The van der Waals surface area contributed by atoms with Gasteiger partial charge in [0.1, 0.15) is 11.6 Å². The number of nitrogens with one attached hydrogen (secondary N) is 2. The van der Waals surface area contributed by atoms with E-state index in [0.717, 1.165) is 5.82 Å². The first-order chi connectivity index (χ1) is 10.8. The van der Waals surface area contributed by atoms with Gasteiger partial charge < -0.3 is 10.6 Å². The van der Waals surface area contributed by atoms with Crippen LogP contribution in [0.2, 0.25) is 0 Å². The number of aromatic nitrogens is 2. The third kappa shape index (κ3) is 3.93. The molecule has 2 aromatic rings. The van der Waals surface area contributed by atoms with E-state index in [0.29, 0.717) is 24.1 Å². The molecule has 0 spiro atoms. The molecule has 1 heterocycles. The summed E-state index contributed by atoms with van der Waals surface area (Å²) in [5.74, 6) is 1.13. The Labute approximate surface area is 130 Å². The fraction of sp³-hybridized carbons (Fsp3) is 0.412. The van der Waals surface area contributed by atoms with E-state index in [1.165, 1.54) is 38.2 Å². The first-order valence-electron chi connectivity index (χ1n) is 7.88. The Balaban J connectivity index is 1.60. The summed E-state index contributed by atoms with van der Waals surface area (Å²) in [6.07, 6.45) is 8.01. The highest BCUT2D eigenvalue weighted by Crippen LogP contribution is 2.21. The lowest BCUT2D eigenvalue weighted by molar-refractivity contribution is 0.462. The van der Waals surface area contributed by atoms with Crippen LogP contribution in [0.25, 0.3) is 0 Å². The predicted molar refractivity (Wildman–Crippen MR) is 86.3 cm³/mol. The lowest BCUT2D eigenvalue weighted by Gasteiger charge is -2.23. The van der Waals surface area contributed by atoms with Gasteiger partial charge in [-0.3, -0.25) is 0 Å². The number of nitrogens with zero attached hydrogens (tertiary/aromatic N) is 2. The number of benzene rings is 1. The van der Waals surface area contributed by atoms with E-state index in [1.54, 1.807) is 18.3 Å². The molecule has 0 unspecified atom stereocenters. The monoisotopic (exact) mass is 300 g/mol. The third-order valence-electron chi connectivity index (χ3n) is 4.01. The summed E-state index contributed by atoms with van der Waals surface area (Å²) < 4.78 is 13.6. The second-order valence-electron chi connectivity index (χ2n) is 5.69. The standard InChI is InChI=1S/C17H21FN4/c18-15-9-5-4-6-13(15)12-20-17-19-11-10-16(22-17)21-14-7-2-1-3-8-14/h4-6,9-11,14H,1-3,7-8,12H2,(H2,19,20,21,22). The molecule has 1 saturated carbocycles. The minimum Gasteiger partial charge on any atom is -0.367 e. The molecule has 5 heteroatoms. The zero-order valence-electron chi connectivity index (χ0n) is 12.6. The van der Waals surface area contributed by atoms with E-state index in [9.17, 15) is 4.39 Å². The van der Waals surface area contributed by atoms with Gasteiger partial charge in [0.25, 0.3) is 0 Å².